The molecule has 18 heavy (non-hydrogen) atoms. The minimum atomic E-state index is 0.308. The van der Waals surface area contributed by atoms with E-state index in [0.29, 0.717) is 16.9 Å². The maximum atomic E-state index is 9.85. The first-order chi connectivity index (χ1) is 8.69. The van der Waals surface area contributed by atoms with Crippen molar-refractivity contribution in [2.24, 2.45) is 5.41 Å². The normalized spacial score (nSPS) is 16.6. The lowest BCUT2D eigenvalue weighted by molar-refractivity contribution is 0.401. The highest BCUT2D eigenvalue weighted by Gasteiger charge is 2.40. The summed E-state index contributed by atoms with van der Waals surface area (Å²) in [5.74, 6) is 1.00. The fraction of sp³-hybridized carbons (Fsp3) is 0.600. The third-order valence-corrected chi connectivity index (χ3v) is 3.85. The van der Waals surface area contributed by atoms with E-state index in [-0.39, 0.29) is 0 Å². The number of rotatable bonds is 7. The summed E-state index contributed by atoms with van der Waals surface area (Å²) in [6.45, 7) is 4.03. The summed E-state index contributed by atoms with van der Waals surface area (Å²) in [4.78, 5) is 0. The van der Waals surface area contributed by atoms with Gasteiger partial charge in [-0.15, -0.1) is 0 Å². The van der Waals surface area contributed by atoms with Gasteiger partial charge in [0.15, 0.2) is 0 Å². The van der Waals surface area contributed by atoms with E-state index in [9.17, 15) is 5.11 Å². The van der Waals surface area contributed by atoms with Gasteiger partial charge in [0, 0.05) is 24.7 Å². The van der Waals surface area contributed by atoms with Crippen molar-refractivity contribution in [3.05, 3.63) is 23.8 Å². The Morgan fingerprint density at radius 2 is 2.17 bits per heavy atom. The highest BCUT2D eigenvalue weighted by atomic mass is 16.5. The van der Waals surface area contributed by atoms with Gasteiger partial charge in [0.05, 0.1) is 7.11 Å². The van der Waals surface area contributed by atoms with Gasteiger partial charge < -0.3 is 15.2 Å². The van der Waals surface area contributed by atoms with E-state index < -0.39 is 0 Å². The quantitative estimate of drug-likeness (QED) is 0.780. The fourth-order valence-electron chi connectivity index (χ4n) is 2.50. The van der Waals surface area contributed by atoms with Gasteiger partial charge in [-0.3, -0.25) is 0 Å². The summed E-state index contributed by atoms with van der Waals surface area (Å²) in [6, 6.07) is 5.46. The van der Waals surface area contributed by atoms with Crippen molar-refractivity contribution in [1.82, 2.24) is 5.32 Å². The van der Waals surface area contributed by atoms with Crippen LogP contribution in [-0.2, 0) is 6.54 Å². The highest BCUT2D eigenvalue weighted by molar-refractivity contribution is 5.39. The van der Waals surface area contributed by atoms with Crippen LogP contribution in [0.4, 0.5) is 0 Å². The largest absolute Gasteiger partial charge is 0.507 e. The Morgan fingerprint density at radius 1 is 1.39 bits per heavy atom. The van der Waals surface area contributed by atoms with Crippen molar-refractivity contribution < 1.29 is 9.84 Å². The smallest absolute Gasteiger partial charge is 0.123 e. The number of ether oxygens (including phenoxy) is 1. The minimum Gasteiger partial charge on any atom is -0.507 e. The third-order valence-electron chi connectivity index (χ3n) is 3.85. The summed E-state index contributed by atoms with van der Waals surface area (Å²) in [5.41, 5.74) is 1.49. The Balaban J connectivity index is 1.83. The molecule has 0 amide bonds. The van der Waals surface area contributed by atoms with Crippen LogP contribution in [0.3, 0.4) is 0 Å². The van der Waals surface area contributed by atoms with Crippen molar-refractivity contribution in [2.75, 3.05) is 13.7 Å². The number of nitrogens with one attached hydrogen (secondary N) is 1. The second-order valence-corrected chi connectivity index (χ2v) is 5.35. The molecule has 2 N–H and O–H groups in total. The number of phenols is 1. The molecule has 0 radical (unpaired) electrons. The van der Waals surface area contributed by atoms with E-state index in [1.807, 2.05) is 12.1 Å². The number of hydrogen-bond donors (Lipinski definition) is 2. The zero-order valence-corrected chi connectivity index (χ0v) is 11.3. The first-order valence-electron chi connectivity index (χ1n) is 6.76. The lowest BCUT2D eigenvalue weighted by Crippen LogP contribution is -2.23. The van der Waals surface area contributed by atoms with E-state index in [1.165, 1.54) is 25.7 Å². The second kappa shape index (κ2) is 5.61. The number of phenolic OH excluding ortho intramolecular Hbond substituents is 1. The molecule has 1 aliphatic rings. The Kier molecular flexibility index (Phi) is 4.12. The molecule has 1 fully saturated rings. The second-order valence-electron chi connectivity index (χ2n) is 5.35. The molecule has 1 aromatic carbocycles. The van der Waals surface area contributed by atoms with Crippen molar-refractivity contribution in [2.45, 2.75) is 39.2 Å². The van der Waals surface area contributed by atoms with Crippen molar-refractivity contribution in [3.8, 4) is 11.5 Å². The molecule has 0 atom stereocenters. The van der Waals surface area contributed by atoms with E-state index in [1.54, 1.807) is 13.2 Å². The Labute approximate surface area is 109 Å². The van der Waals surface area contributed by atoms with Gasteiger partial charge in [-0.05, 0) is 30.7 Å². The zero-order chi connectivity index (χ0) is 13.0. The lowest BCUT2D eigenvalue weighted by Gasteiger charge is -2.15. The molecule has 0 aliphatic heterocycles. The number of benzene rings is 1. The van der Waals surface area contributed by atoms with E-state index in [2.05, 4.69) is 12.2 Å². The van der Waals surface area contributed by atoms with Crippen LogP contribution in [0, 0.1) is 5.41 Å². The lowest BCUT2D eigenvalue weighted by atomic mass is 10.0. The molecule has 1 aliphatic carbocycles. The first-order valence-corrected chi connectivity index (χ1v) is 6.76. The summed E-state index contributed by atoms with van der Waals surface area (Å²) in [6.07, 6.45) is 5.27. The number of aromatic hydroxyl groups is 1. The molecular formula is C15H23NO2. The topological polar surface area (TPSA) is 41.5 Å². The fourth-order valence-corrected chi connectivity index (χ4v) is 2.50. The molecular weight excluding hydrogens is 226 g/mol. The van der Waals surface area contributed by atoms with Gasteiger partial charge in [0.25, 0.3) is 0 Å². The average Bonchev–Trinajstić information content (AvgIpc) is 3.12. The van der Waals surface area contributed by atoms with Gasteiger partial charge in [-0.1, -0.05) is 19.4 Å². The summed E-state index contributed by atoms with van der Waals surface area (Å²) < 4.78 is 5.07. The van der Waals surface area contributed by atoms with Gasteiger partial charge >= 0.3 is 0 Å². The van der Waals surface area contributed by atoms with Gasteiger partial charge in [-0.25, -0.2) is 0 Å². The SMILES string of the molecule is CCCC1(CNCc2ccc(OC)cc2O)CC1. The average molecular weight is 249 g/mol. The predicted octanol–water partition coefficient (Wildman–Crippen LogP) is 3.07. The summed E-state index contributed by atoms with van der Waals surface area (Å²) in [5, 5.41) is 13.3. The molecule has 0 aromatic heterocycles. The molecule has 3 nitrogen and oxygen atoms in total. The summed E-state index contributed by atoms with van der Waals surface area (Å²) in [7, 11) is 1.61. The minimum absolute atomic E-state index is 0.308. The number of hydrogen-bond acceptors (Lipinski definition) is 3. The molecule has 0 unspecified atom stereocenters. The molecule has 0 heterocycles. The zero-order valence-electron chi connectivity index (χ0n) is 11.3. The summed E-state index contributed by atoms with van der Waals surface area (Å²) >= 11 is 0. The van der Waals surface area contributed by atoms with Crippen LogP contribution >= 0.6 is 0 Å². The van der Waals surface area contributed by atoms with Crippen LogP contribution in [0.1, 0.15) is 38.2 Å². The van der Waals surface area contributed by atoms with Crippen LogP contribution < -0.4 is 10.1 Å². The van der Waals surface area contributed by atoms with E-state index in [4.69, 9.17) is 4.74 Å². The molecule has 0 bridgehead atoms. The van der Waals surface area contributed by atoms with Gasteiger partial charge in [0.2, 0.25) is 0 Å². The molecule has 100 valence electrons. The molecule has 3 heteroatoms. The molecule has 2 rings (SSSR count). The Morgan fingerprint density at radius 3 is 2.72 bits per heavy atom. The maximum absolute atomic E-state index is 9.85. The third kappa shape index (κ3) is 3.16. The van der Waals surface area contributed by atoms with Crippen molar-refractivity contribution in [1.29, 1.82) is 0 Å². The van der Waals surface area contributed by atoms with Gasteiger partial charge in [0.1, 0.15) is 11.5 Å². The molecule has 0 spiro atoms. The predicted molar refractivity (Wildman–Crippen MR) is 72.9 cm³/mol. The first kappa shape index (κ1) is 13.2. The molecule has 0 saturated heterocycles. The van der Waals surface area contributed by atoms with Crippen LogP contribution in [0.25, 0.3) is 0 Å². The van der Waals surface area contributed by atoms with E-state index >= 15 is 0 Å². The maximum Gasteiger partial charge on any atom is 0.123 e. The highest BCUT2D eigenvalue weighted by Crippen LogP contribution is 2.48. The molecule has 1 aromatic rings. The van der Waals surface area contributed by atoms with Crippen LogP contribution in [0.2, 0.25) is 0 Å². The van der Waals surface area contributed by atoms with Crippen molar-refractivity contribution >= 4 is 0 Å². The van der Waals surface area contributed by atoms with Crippen LogP contribution in [-0.4, -0.2) is 18.8 Å². The van der Waals surface area contributed by atoms with E-state index in [0.717, 1.165) is 18.7 Å². The standard InChI is InChI=1S/C15H23NO2/c1-3-6-15(7-8-15)11-16-10-12-4-5-13(18-2)9-14(12)17/h4-5,9,16-17H,3,6-8,10-11H2,1-2H3. The number of methoxy groups -OCH3 is 1. The Hall–Kier alpha value is -1.22. The van der Waals surface area contributed by atoms with Crippen molar-refractivity contribution in [3.63, 3.8) is 0 Å². The van der Waals surface area contributed by atoms with Gasteiger partial charge in [-0.2, -0.15) is 0 Å². The van der Waals surface area contributed by atoms with Crippen LogP contribution in [0.15, 0.2) is 18.2 Å². The van der Waals surface area contributed by atoms with Crippen LogP contribution in [0.5, 0.6) is 11.5 Å². The Bertz CT molecular complexity index is 399. The molecule has 1 saturated carbocycles. The monoisotopic (exact) mass is 249 g/mol.